The molecular weight excluding hydrogens is 386 g/mol. The van der Waals surface area contributed by atoms with Crippen molar-refractivity contribution in [2.24, 2.45) is 0 Å². The SMILES string of the molecule is Cc1cn2c(n1)Cn1c(c(C3CCCCC3)c3ccc(C(=O)O)cc31)-c1ccccc1-2. The van der Waals surface area contributed by atoms with Crippen LogP contribution in [-0.4, -0.2) is 25.2 Å². The van der Waals surface area contributed by atoms with Gasteiger partial charge in [-0.3, -0.25) is 0 Å². The van der Waals surface area contributed by atoms with Crippen LogP contribution in [0.1, 0.15) is 65.5 Å². The second-order valence-electron chi connectivity index (χ2n) is 8.91. The number of imidazole rings is 1. The number of carbonyl (C=O) groups is 1. The first-order valence-electron chi connectivity index (χ1n) is 11.2. The largest absolute Gasteiger partial charge is 0.478 e. The third kappa shape index (κ3) is 2.76. The Morgan fingerprint density at radius 1 is 1.10 bits per heavy atom. The molecule has 0 amide bonds. The topological polar surface area (TPSA) is 60.0 Å². The average Bonchev–Trinajstić information content (AvgIpc) is 3.28. The van der Waals surface area contributed by atoms with Gasteiger partial charge < -0.3 is 14.2 Å². The van der Waals surface area contributed by atoms with Crippen LogP contribution < -0.4 is 0 Å². The van der Waals surface area contributed by atoms with Crippen LogP contribution in [0.2, 0.25) is 0 Å². The van der Waals surface area contributed by atoms with Crippen LogP contribution in [0.3, 0.4) is 0 Å². The monoisotopic (exact) mass is 411 g/mol. The molecule has 0 unspecified atom stereocenters. The van der Waals surface area contributed by atoms with Crippen molar-refractivity contribution in [2.45, 2.75) is 51.5 Å². The molecule has 4 aromatic rings. The van der Waals surface area contributed by atoms with Crippen molar-refractivity contribution in [3.8, 4) is 16.9 Å². The van der Waals surface area contributed by atoms with Crippen LogP contribution in [0.4, 0.5) is 0 Å². The highest BCUT2D eigenvalue weighted by Gasteiger charge is 2.30. The van der Waals surface area contributed by atoms with Gasteiger partial charge in [0, 0.05) is 17.1 Å². The van der Waals surface area contributed by atoms with Gasteiger partial charge in [0.1, 0.15) is 5.82 Å². The molecule has 2 aromatic heterocycles. The summed E-state index contributed by atoms with van der Waals surface area (Å²) in [5.41, 5.74) is 7.30. The van der Waals surface area contributed by atoms with Gasteiger partial charge in [-0.1, -0.05) is 43.5 Å². The maximum atomic E-state index is 11.8. The molecule has 0 saturated heterocycles. The Hall–Kier alpha value is -3.34. The lowest BCUT2D eigenvalue weighted by molar-refractivity contribution is 0.0697. The van der Waals surface area contributed by atoms with Gasteiger partial charge in [-0.05, 0) is 49.4 Å². The third-order valence-electron chi connectivity index (χ3n) is 6.98. The van der Waals surface area contributed by atoms with Gasteiger partial charge in [-0.25, -0.2) is 9.78 Å². The maximum Gasteiger partial charge on any atom is 0.335 e. The van der Waals surface area contributed by atoms with Crippen LogP contribution in [-0.2, 0) is 6.54 Å². The fraction of sp³-hybridized carbons (Fsp3) is 0.308. The Kier molecular flexibility index (Phi) is 4.07. The molecule has 2 aliphatic rings. The van der Waals surface area contributed by atoms with Crippen LogP contribution in [0.15, 0.2) is 48.7 Å². The highest BCUT2D eigenvalue weighted by atomic mass is 16.4. The first-order valence-corrected chi connectivity index (χ1v) is 11.2. The number of hydrogen-bond acceptors (Lipinski definition) is 2. The number of para-hydroxylation sites is 1. The summed E-state index contributed by atoms with van der Waals surface area (Å²) >= 11 is 0. The molecule has 1 aliphatic carbocycles. The molecule has 156 valence electrons. The first kappa shape index (κ1) is 18.4. The quantitative estimate of drug-likeness (QED) is 0.393. The summed E-state index contributed by atoms with van der Waals surface area (Å²) in [5.74, 6) is 0.600. The molecule has 31 heavy (non-hydrogen) atoms. The lowest BCUT2D eigenvalue weighted by atomic mass is 9.81. The molecule has 1 saturated carbocycles. The van der Waals surface area contributed by atoms with Crippen molar-refractivity contribution in [2.75, 3.05) is 0 Å². The molecule has 6 rings (SSSR count). The number of hydrogen-bond donors (Lipinski definition) is 1. The normalized spacial score (nSPS) is 15.9. The lowest BCUT2D eigenvalue weighted by Crippen LogP contribution is -2.07. The molecule has 0 atom stereocenters. The van der Waals surface area contributed by atoms with Gasteiger partial charge >= 0.3 is 5.97 Å². The van der Waals surface area contributed by atoms with E-state index in [0.717, 1.165) is 22.7 Å². The van der Waals surface area contributed by atoms with E-state index in [2.05, 4.69) is 39.6 Å². The zero-order valence-electron chi connectivity index (χ0n) is 17.6. The molecule has 0 bridgehead atoms. The second-order valence-corrected chi connectivity index (χ2v) is 8.91. The van der Waals surface area contributed by atoms with E-state index in [0.29, 0.717) is 18.0 Å². The first-order chi connectivity index (χ1) is 15.1. The van der Waals surface area contributed by atoms with E-state index in [1.165, 1.54) is 54.3 Å². The predicted octanol–water partition coefficient (Wildman–Crippen LogP) is 5.91. The summed E-state index contributed by atoms with van der Waals surface area (Å²) in [6.07, 6.45) is 8.31. The number of carboxylic acids is 1. The van der Waals surface area contributed by atoms with Crippen LogP contribution in [0.5, 0.6) is 0 Å². The Balaban J connectivity index is 1.73. The van der Waals surface area contributed by atoms with E-state index < -0.39 is 5.97 Å². The minimum Gasteiger partial charge on any atom is -0.478 e. The maximum absolute atomic E-state index is 11.8. The van der Waals surface area contributed by atoms with Gasteiger partial charge in [0.05, 0.1) is 34.7 Å². The summed E-state index contributed by atoms with van der Waals surface area (Å²) in [5, 5.41) is 10.8. The van der Waals surface area contributed by atoms with Crippen molar-refractivity contribution in [1.82, 2.24) is 14.1 Å². The minimum atomic E-state index is -0.886. The summed E-state index contributed by atoms with van der Waals surface area (Å²) in [6, 6.07) is 14.2. The highest BCUT2D eigenvalue weighted by molar-refractivity contribution is 5.99. The number of carboxylic acid groups (broad SMARTS) is 1. The van der Waals surface area contributed by atoms with Crippen LogP contribution in [0, 0.1) is 6.92 Å². The van der Waals surface area contributed by atoms with E-state index in [9.17, 15) is 9.90 Å². The molecule has 5 heteroatoms. The number of fused-ring (bicyclic) bond motifs is 7. The predicted molar refractivity (Wildman–Crippen MR) is 121 cm³/mol. The molecule has 5 nitrogen and oxygen atoms in total. The van der Waals surface area contributed by atoms with Gasteiger partial charge in [-0.15, -0.1) is 0 Å². The van der Waals surface area contributed by atoms with E-state index in [4.69, 9.17) is 4.98 Å². The summed E-state index contributed by atoms with van der Waals surface area (Å²) < 4.78 is 4.52. The van der Waals surface area contributed by atoms with Gasteiger partial charge in [0.15, 0.2) is 0 Å². The van der Waals surface area contributed by atoms with Crippen LogP contribution in [0.25, 0.3) is 27.8 Å². The third-order valence-corrected chi connectivity index (χ3v) is 6.98. The summed E-state index contributed by atoms with van der Waals surface area (Å²) in [6.45, 7) is 2.65. The van der Waals surface area contributed by atoms with Crippen molar-refractivity contribution in [1.29, 1.82) is 0 Å². The van der Waals surface area contributed by atoms with Crippen molar-refractivity contribution in [3.05, 3.63) is 71.3 Å². The Bertz CT molecular complexity index is 1340. The van der Waals surface area contributed by atoms with E-state index in [-0.39, 0.29) is 0 Å². The zero-order valence-corrected chi connectivity index (χ0v) is 17.6. The zero-order chi connectivity index (χ0) is 21.1. The molecule has 1 aliphatic heterocycles. The highest BCUT2D eigenvalue weighted by Crippen LogP contribution is 2.46. The standard InChI is InChI=1S/C26H25N3O2/c1-16-14-28-21-10-6-5-9-20(21)25-24(17-7-3-2-4-8-17)19-12-11-18(26(30)31)13-22(19)29(25)15-23(28)27-16/h5-6,9-14,17H,2-4,7-8,15H2,1H3,(H,30,31). The second kappa shape index (κ2) is 6.84. The fourth-order valence-electron chi connectivity index (χ4n) is 5.66. The van der Waals surface area contributed by atoms with E-state index in [1.54, 1.807) is 6.07 Å². The lowest BCUT2D eigenvalue weighted by Gasteiger charge is -2.23. The average molecular weight is 412 g/mol. The smallest absolute Gasteiger partial charge is 0.335 e. The Morgan fingerprint density at radius 2 is 1.90 bits per heavy atom. The number of aryl methyl sites for hydroxylation is 1. The molecule has 1 fully saturated rings. The Labute approximate surface area is 181 Å². The van der Waals surface area contributed by atoms with Crippen molar-refractivity contribution in [3.63, 3.8) is 0 Å². The van der Waals surface area contributed by atoms with Crippen LogP contribution >= 0.6 is 0 Å². The number of aromatic nitrogens is 3. The fourth-order valence-corrected chi connectivity index (χ4v) is 5.66. The molecule has 0 spiro atoms. The van der Waals surface area contributed by atoms with Gasteiger partial charge in [-0.2, -0.15) is 0 Å². The van der Waals surface area contributed by atoms with E-state index in [1.807, 2.05) is 19.1 Å². The number of nitrogens with zero attached hydrogens (tertiary/aromatic N) is 3. The summed E-state index contributed by atoms with van der Waals surface area (Å²) in [4.78, 5) is 16.6. The van der Waals surface area contributed by atoms with Crippen molar-refractivity contribution >= 4 is 16.9 Å². The number of aromatic carboxylic acids is 1. The van der Waals surface area contributed by atoms with Gasteiger partial charge in [0.25, 0.3) is 0 Å². The molecular formula is C26H25N3O2. The van der Waals surface area contributed by atoms with E-state index >= 15 is 0 Å². The molecule has 0 radical (unpaired) electrons. The van der Waals surface area contributed by atoms with Crippen molar-refractivity contribution < 1.29 is 9.90 Å². The number of rotatable bonds is 2. The molecule has 2 aromatic carbocycles. The molecule has 3 heterocycles. The summed E-state index contributed by atoms with van der Waals surface area (Å²) in [7, 11) is 0. The Morgan fingerprint density at radius 3 is 2.71 bits per heavy atom. The van der Waals surface area contributed by atoms with Gasteiger partial charge in [0.2, 0.25) is 0 Å². The number of benzene rings is 2. The molecule has 1 N–H and O–H groups in total. The minimum absolute atomic E-state index is 0.333.